The summed E-state index contributed by atoms with van der Waals surface area (Å²) in [6.45, 7) is 2.74. The van der Waals surface area contributed by atoms with Crippen molar-refractivity contribution in [3.8, 4) is 5.75 Å². The van der Waals surface area contributed by atoms with Crippen LogP contribution >= 0.6 is 0 Å². The van der Waals surface area contributed by atoms with Gasteiger partial charge in [-0.15, -0.1) is 0 Å². The van der Waals surface area contributed by atoms with E-state index in [1.54, 1.807) is 12.1 Å². The van der Waals surface area contributed by atoms with Crippen molar-refractivity contribution >= 4 is 17.3 Å². The van der Waals surface area contributed by atoms with E-state index in [1.807, 2.05) is 0 Å². The average Bonchev–Trinajstić information content (AvgIpc) is 2.42. The van der Waals surface area contributed by atoms with Crippen LogP contribution in [0.15, 0.2) is 29.3 Å². The van der Waals surface area contributed by atoms with Crippen molar-refractivity contribution in [3.63, 3.8) is 0 Å². The van der Waals surface area contributed by atoms with Gasteiger partial charge in [0.05, 0.1) is 18.8 Å². The van der Waals surface area contributed by atoms with Gasteiger partial charge in [-0.1, -0.05) is 12.1 Å². The molecule has 0 spiro atoms. The second-order valence-corrected chi connectivity index (χ2v) is 4.99. The number of methoxy groups -OCH3 is 1. The van der Waals surface area contributed by atoms with Crippen molar-refractivity contribution in [3.05, 3.63) is 40.5 Å². The fraction of sp³-hybridized carbons (Fsp3) is 0.312. The van der Waals surface area contributed by atoms with Crippen LogP contribution in [0.4, 0.5) is 0 Å². The minimum absolute atomic E-state index is 0.0211. The molecule has 0 bridgehead atoms. The average molecular weight is 288 g/mol. The van der Waals surface area contributed by atoms with E-state index in [0.29, 0.717) is 0 Å². The number of carbonyl (C=O) groups excluding carboxylic acids is 3. The molecule has 21 heavy (non-hydrogen) atoms. The van der Waals surface area contributed by atoms with Gasteiger partial charge < -0.3 is 9.84 Å². The summed E-state index contributed by atoms with van der Waals surface area (Å²) in [5.74, 6) is -0.829. The number of rotatable bonds is 4. The number of aliphatic hydroxyl groups excluding tert-OH is 1. The number of ketones is 3. The summed E-state index contributed by atoms with van der Waals surface area (Å²) in [7, 11) is 1.41. The largest absolute Gasteiger partial charge is 0.496 e. The van der Waals surface area contributed by atoms with Crippen molar-refractivity contribution < 1.29 is 24.2 Å². The normalized spacial score (nSPS) is 15.8. The van der Waals surface area contributed by atoms with Crippen LogP contribution in [0, 0.1) is 0 Å². The highest BCUT2D eigenvalue weighted by Gasteiger charge is 2.36. The molecule has 1 atom stereocenters. The first-order valence-electron chi connectivity index (χ1n) is 6.55. The van der Waals surface area contributed by atoms with Gasteiger partial charge in [0.1, 0.15) is 11.5 Å². The van der Waals surface area contributed by atoms with Crippen molar-refractivity contribution in [2.24, 2.45) is 0 Å². The van der Waals surface area contributed by atoms with Gasteiger partial charge in [-0.05, 0) is 19.9 Å². The minimum atomic E-state index is -1.13. The van der Waals surface area contributed by atoms with Crippen molar-refractivity contribution in [1.82, 2.24) is 0 Å². The Hall–Kier alpha value is -2.27. The molecule has 0 aromatic heterocycles. The Balaban J connectivity index is 2.71. The maximum absolute atomic E-state index is 12.6. The molecular weight excluding hydrogens is 272 g/mol. The van der Waals surface area contributed by atoms with E-state index in [4.69, 9.17) is 4.74 Å². The van der Waals surface area contributed by atoms with Crippen LogP contribution in [0.5, 0.6) is 5.75 Å². The number of ether oxygens (including phenoxy) is 1. The number of carbonyl (C=O) groups is 3. The zero-order chi connectivity index (χ0) is 15.7. The van der Waals surface area contributed by atoms with Gasteiger partial charge in [-0.3, -0.25) is 14.4 Å². The van der Waals surface area contributed by atoms with Crippen LogP contribution < -0.4 is 4.74 Å². The van der Waals surface area contributed by atoms with Gasteiger partial charge in [-0.2, -0.15) is 0 Å². The van der Waals surface area contributed by atoms with Crippen LogP contribution in [0.25, 0.3) is 0 Å². The number of hydrogen-bond donors (Lipinski definition) is 1. The quantitative estimate of drug-likeness (QED) is 0.912. The summed E-state index contributed by atoms with van der Waals surface area (Å²) in [6.07, 6.45) is -1.30. The number of Topliss-reactive ketones (excluding diaryl/α,β-unsaturated/α-hetero) is 3. The van der Waals surface area contributed by atoms with Crippen molar-refractivity contribution in [2.75, 3.05) is 7.11 Å². The molecule has 0 unspecified atom stereocenters. The van der Waals surface area contributed by atoms with E-state index in [1.165, 1.54) is 27.0 Å². The molecule has 0 heterocycles. The molecule has 0 amide bonds. The van der Waals surface area contributed by atoms with E-state index in [2.05, 4.69) is 0 Å². The lowest BCUT2D eigenvalue weighted by Crippen LogP contribution is -2.29. The molecule has 1 aromatic rings. The Morgan fingerprint density at radius 3 is 2.48 bits per heavy atom. The maximum Gasteiger partial charge on any atom is 0.196 e. The zero-order valence-electron chi connectivity index (χ0n) is 12.1. The fourth-order valence-corrected chi connectivity index (χ4v) is 2.55. The molecule has 0 fully saturated rings. The second-order valence-electron chi connectivity index (χ2n) is 4.99. The maximum atomic E-state index is 12.6. The smallest absolute Gasteiger partial charge is 0.196 e. The van der Waals surface area contributed by atoms with Gasteiger partial charge in [0.15, 0.2) is 11.6 Å². The first-order valence-corrected chi connectivity index (χ1v) is 6.55. The van der Waals surface area contributed by atoms with Gasteiger partial charge >= 0.3 is 0 Å². The summed E-state index contributed by atoms with van der Waals surface area (Å²) in [5, 5.41) is 9.85. The monoisotopic (exact) mass is 288 g/mol. The van der Waals surface area contributed by atoms with Crippen LogP contribution in [-0.4, -0.2) is 35.7 Å². The minimum Gasteiger partial charge on any atom is -0.496 e. The summed E-state index contributed by atoms with van der Waals surface area (Å²) < 4.78 is 5.13. The molecule has 5 nitrogen and oxygen atoms in total. The van der Waals surface area contributed by atoms with Gasteiger partial charge in [0.25, 0.3) is 0 Å². The third-order valence-electron chi connectivity index (χ3n) is 3.41. The van der Waals surface area contributed by atoms with Crippen LogP contribution in [0.3, 0.4) is 0 Å². The van der Waals surface area contributed by atoms with Gasteiger partial charge in [0, 0.05) is 23.1 Å². The summed E-state index contributed by atoms with van der Waals surface area (Å²) in [6, 6.07) is 4.72. The molecule has 0 saturated carbocycles. The van der Waals surface area contributed by atoms with E-state index in [-0.39, 0.29) is 40.2 Å². The standard InChI is InChI=1S/C16H16O5/c1-8(17)7-11-13(9(2)18)16(20)14-10(15(11)19)5-4-6-12(14)21-3/h4-6,9,18H,7H2,1-3H3/t9-/m1/s1. The highest BCUT2D eigenvalue weighted by atomic mass is 16.5. The number of allylic oxidation sites excluding steroid dienone is 1. The summed E-state index contributed by atoms with van der Waals surface area (Å²) >= 11 is 0. The summed E-state index contributed by atoms with van der Waals surface area (Å²) in [4.78, 5) is 36.5. The predicted molar refractivity (Wildman–Crippen MR) is 75.7 cm³/mol. The van der Waals surface area contributed by atoms with Crippen molar-refractivity contribution in [1.29, 1.82) is 0 Å². The molecule has 1 N–H and O–H groups in total. The van der Waals surface area contributed by atoms with E-state index >= 15 is 0 Å². The Kier molecular flexibility index (Phi) is 4.04. The Bertz CT molecular complexity index is 667. The lowest BCUT2D eigenvalue weighted by Gasteiger charge is -2.23. The SMILES string of the molecule is COc1cccc2c1C(=O)C([C@@H](C)O)=C(CC(C)=O)C2=O. The lowest BCUT2D eigenvalue weighted by molar-refractivity contribution is -0.116. The fourth-order valence-electron chi connectivity index (χ4n) is 2.55. The number of fused-ring (bicyclic) bond motifs is 1. The molecule has 1 aliphatic rings. The highest BCUT2D eigenvalue weighted by molar-refractivity contribution is 6.29. The molecular formula is C16H16O5. The predicted octanol–water partition coefficient (Wildman–Crippen LogP) is 1.73. The Morgan fingerprint density at radius 1 is 1.29 bits per heavy atom. The molecule has 5 heteroatoms. The lowest BCUT2D eigenvalue weighted by atomic mass is 9.80. The Morgan fingerprint density at radius 2 is 1.95 bits per heavy atom. The van der Waals surface area contributed by atoms with Gasteiger partial charge in [0.2, 0.25) is 0 Å². The Labute approximate surface area is 122 Å². The summed E-state index contributed by atoms with van der Waals surface area (Å²) in [5.41, 5.74) is 0.406. The molecule has 1 aliphatic carbocycles. The number of hydrogen-bond acceptors (Lipinski definition) is 5. The van der Waals surface area contributed by atoms with Crippen molar-refractivity contribution in [2.45, 2.75) is 26.4 Å². The van der Waals surface area contributed by atoms with Crippen LogP contribution in [0.1, 0.15) is 41.0 Å². The molecule has 110 valence electrons. The topological polar surface area (TPSA) is 80.7 Å². The first-order chi connectivity index (χ1) is 9.88. The van der Waals surface area contributed by atoms with E-state index in [0.717, 1.165) is 0 Å². The zero-order valence-corrected chi connectivity index (χ0v) is 12.1. The van der Waals surface area contributed by atoms with Crippen LogP contribution in [-0.2, 0) is 4.79 Å². The molecule has 1 aromatic carbocycles. The molecule has 0 radical (unpaired) electrons. The molecule has 0 aliphatic heterocycles. The molecule has 0 saturated heterocycles. The number of aliphatic hydroxyl groups is 1. The second kappa shape index (κ2) is 5.61. The first kappa shape index (κ1) is 15.1. The third kappa shape index (κ3) is 2.52. The van der Waals surface area contributed by atoms with E-state index in [9.17, 15) is 19.5 Å². The van der Waals surface area contributed by atoms with Crippen LogP contribution in [0.2, 0.25) is 0 Å². The van der Waals surface area contributed by atoms with Gasteiger partial charge in [-0.25, -0.2) is 0 Å². The highest BCUT2D eigenvalue weighted by Crippen LogP contribution is 2.34. The molecule has 2 rings (SSSR count). The third-order valence-corrected chi connectivity index (χ3v) is 3.41. The number of benzene rings is 1. The van der Waals surface area contributed by atoms with E-state index < -0.39 is 17.7 Å².